The van der Waals surface area contributed by atoms with Crippen LogP contribution >= 0.6 is 0 Å². The van der Waals surface area contributed by atoms with Crippen LogP contribution in [0.4, 0.5) is 10.5 Å². The van der Waals surface area contributed by atoms with Gasteiger partial charge in [-0.25, -0.2) is 4.79 Å². The summed E-state index contributed by atoms with van der Waals surface area (Å²) < 4.78 is 0. The van der Waals surface area contributed by atoms with Gasteiger partial charge in [-0.15, -0.1) is 0 Å². The van der Waals surface area contributed by atoms with Crippen LogP contribution in [0.1, 0.15) is 19.0 Å². The van der Waals surface area contributed by atoms with E-state index in [4.69, 9.17) is 5.11 Å². The van der Waals surface area contributed by atoms with Crippen molar-refractivity contribution in [1.82, 2.24) is 9.88 Å². The highest BCUT2D eigenvalue weighted by atomic mass is 16.4. The molecule has 1 aromatic heterocycles. The van der Waals surface area contributed by atoms with Gasteiger partial charge in [0.1, 0.15) is 0 Å². The van der Waals surface area contributed by atoms with Crippen molar-refractivity contribution < 1.29 is 14.7 Å². The van der Waals surface area contributed by atoms with Gasteiger partial charge in [-0.05, 0) is 32.4 Å². The van der Waals surface area contributed by atoms with Gasteiger partial charge < -0.3 is 15.3 Å². The number of rotatable bonds is 2. The van der Waals surface area contributed by atoms with Crippen LogP contribution in [-0.2, 0) is 4.79 Å². The first-order valence-corrected chi connectivity index (χ1v) is 6.22. The van der Waals surface area contributed by atoms with Gasteiger partial charge in [0.25, 0.3) is 0 Å². The molecule has 0 spiro atoms. The summed E-state index contributed by atoms with van der Waals surface area (Å²) >= 11 is 0. The number of carboxylic acids is 1. The molecule has 0 aromatic carbocycles. The fraction of sp³-hybridized carbons (Fsp3) is 0.462. The highest BCUT2D eigenvalue weighted by Crippen LogP contribution is 2.25. The maximum Gasteiger partial charge on any atom is 0.322 e. The Labute approximate surface area is 111 Å². The van der Waals surface area contributed by atoms with Crippen molar-refractivity contribution in [3.63, 3.8) is 0 Å². The Morgan fingerprint density at radius 3 is 2.74 bits per heavy atom. The van der Waals surface area contributed by atoms with E-state index in [1.165, 1.54) is 0 Å². The Morgan fingerprint density at radius 1 is 1.47 bits per heavy atom. The van der Waals surface area contributed by atoms with E-state index in [0.29, 0.717) is 18.7 Å². The number of aryl methyl sites for hydroxylation is 1. The van der Waals surface area contributed by atoms with Crippen LogP contribution in [0, 0.1) is 12.8 Å². The summed E-state index contributed by atoms with van der Waals surface area (Å²) in [6, 6.07) is 3.01. The third-order valence-electron chi connectivity index (χ3n) is 3.50. The average Bonchev–Trinajstić information content (AvgIpc) is 2.74. The molecule has 1 fully saturated rings. The third kappa shape index (κ3) is 2.83. The second-order valence-corrected chi connectivity index (χ2v) is 4.79. The molecule has 19 heavy (non-hydrogen) atoms. The molecule has 2 unspecified atom stereocenters. The second kappa shape index (κ2) is 5.26. The topological polar surface area (TPSA) is 82.5 Å². The van der Waals surface area contributed by atoms with Crippen LogP contribution in [0.15, 0.2) is 18.3 Å². The summed E-state index contributed by atoms with van der Waals surface area (Å²) in [5.41, 5.74) is 1.49. The van der Waals surface area contributed by atoms with Crippen LogP contribution in [0.3, 0.4) is 0 Å². The highest BCUT2D eigenvalue weighted by Gasteiger charge is 2.38. The van der Waals surface area contributed by atoms with Gasteiger partial charge in [-0.3, -0.25) is 9.78 Å². The fourth-order valence-corrected chi connectivity index (χ4v) is 2.29. The van der Waals surface area contributed by atoms with Gasteiger partial charge in [0.15, 0.2) is 0 Å². The zero-order chi connectivity index (χ0) is 14.0. The molecule has 0 bridgehead atoms. The number of urea groups is 1. The van der Waals surface area contributed by atoms with Gasteiger partial charge in [0.05, 0.1) is 17.8 Å². The van der Waals surface area contributed by atoms with Gasteiger partial charge >= 0.3 is 12.0 Å². The van der Waals surface area contributed by atoms with Crippen LogP contribution in [0.25, 0.3) is 0 Å². The molecule has 0 aliphatic carbocycles. The molecule has 2 N–H and O–H groups in total. The molecular formula is C13H17N3O3. The molecule has 0 saturated carbocycles. The van der Waals surface area contributed by atoms with Crippen LogP contribution in [0.5, 0.6) is 0 Å². The molecule has 6 heteroatoms. The van der Waals surface area contributed by atoms with E-state index in [1.807, 2.05) is 13.0 Å². The normalized spacial score (nSPS) is 22.3. The van der Waals surface area contributed by atoms with Crippen LogP contribution in [-0.4, -0.2) is 39.6 Å². The van der Waals surface area contributed by atoms with Gasteiger partial charge in [-0.1, -0.05) is 0 Å². The predicted octanol–water partition coefficient (Wildman–Crippen LogP) is 1.72. The number of aliphatic carboxylic acids is 1. The van der Waals surface area contributed by atoms with E-state index in [0.717, 1.165) is 5.69 Å². The summed E-state index contributed by atoms with van der Waals surface area (Å²) in [6.45, 7) is 4.09. The number of amides is 2. The highest BCUT2D eigenvalue weighted by molar-refractivity contribution is 5.90. The average molecular weight is 263 g/mol. The first-order valence-electron chi connectivity index (χ1n) is 6.22. The van der Waals surface area contributed by atoms with E-state index >= 15 is 0 Å². The number of hydrogen-bond donors (Lipinski definition) is 2. The van der Waals surface area contributed by atoms with E-state index in [1.54, 1.807) is 24.1 Å². The van der Waals surface area contributed by atoms with Gasteiger partial charge in [0, 0.05) is 18.3 Å². The van der Waals surface area contributed by atoms with Crippen molar-refractivity contribution >= 4 is 17.7 Å². The Morgan fingerprint density at radius 2 is 2.21 bits per heavy atom. The molecule has 1 aromatic rings. The van der Waals surface area contributed by atoms with Crippen LogP contribution < -0.4 is 5.32 Å². The number of likely N-dealkylation sites (tertiary alicyclic amines) is 1. The molecule has 102 valence electrons. The molecule has 6 nitrogen and oxygen atoms in total. The number of carbonyl (C=O) groups is 2. The minimum atomic E-state index is -0.847. The van der Waals surface area contributed by atoms with Crippen LogP contribution in [0.2, 0.25) is 0 Å². The minimum absolute atomic E-state index is 0.276. The van der Waals surface area contributed by atoms with E-state index in [-0.39, 0.29) is 12.1 Å². The number of nitrogens with one attached hydrogen (secondary N) is 1. The number of nitrogens with zero attached hydrogens (tertiary/aromatic N) is 2. The zero-order valence-electron chi connectivity index (χ0n) is 11.0. The number of carboxylic acid groups (broad SMARTS) is 1. The van der Waals surface area contributed by atoms with Crippen molar-refractivity contribution in [2.75, 3.05) is 11.9 Å². The van der Waals surface area contributed by atoms with E-state index in [9.17, 15) is 9.59 Å². The quantitative estimate of drug-likeness (QED) is 0.851. The Kier molecular flexibility index (Phi) is 3.69. The number of hydrogen-bond acceptors (Lipinski definition) is 3. The Bertz CT molecular complexity index is 486. The molecule has 2 rings (SSSR count). The van der Waals surface area contributed by atoms with Gasteiger partial charge in [0.2, 0.25) is 0 Å². The monoisotopic (exact) mass is 263 g/mol. The second-order valence-electron chi connectivity index (χ2n) is 4.79. The lowest BCUT2D eigenvalue weighted by Gasteiger charge is -2.23. The molecular weight excluding hydrogens is 246 g/mol. The molecule has 2 heterocycles. The molecule has 2 atom stereocenters. The minimum Gasteiger partial charge on any atom is -0.481 e. The Hall–Kier alpha value is -2.11. The zero-order valence-corrected chi connectivity index (χ0v) is 11.0. The maximum atomic E-state index is 12.1. The number of anilines is 1. The lowest BCUT2D eigenvalue weighted by molar-refractivity contribution is -0.142. The molecule has 1 saturated heterocycles. The first kappa shape index (κ1) is 13.3. The molecule has 0 radical (unpaired) electrons. The predicted molar refractivity (Wildman–Crippen MR) is 69.9 cm³/mol. The van der Waals surface area contributed by atoms with E-state index in [2.05, 4.69) is 10.3 Å². The first-order chi connectivity index (χ1) is 8.99. The van der Waals surface area contributed by atoms with Crippen molar-refractivity contribution in [1.29, 1.82) is 0 Å². The summed E-state index contributed by atoms with van der Waals surface area (Å²) in [5, 5.41) is 11.8. The van der Waals surface area contributed by atoms with Gasteiger partial charge in [-0.2, -0.15) is 0 Å². The summed E-state index contributed by atoms with van der Waals surface area (Å²) in [6.07, 6.45) is 2.08. The van der Waals surface area contributed by atoms with E-state index < -0.39 is 11.9 Å². The van der Waals surface area contributed by atoms with Crippen molar-refractivity contribution in [2.24, 2.45) is 5.92 Å². The smallest absolute Gasteiger partial charge is 0.322 e. The lowest BCUT2D eigenvalue weighted by Crippen LogP contribution is -2.40. The summed E-state index contributed by atoms with van der Waals surface area (Å²) in [7, 11) is 0. The SMILES string of the molecule is Cc1ccc(NC(=O)N2CCC(C(=O)O)C2C)cn1. The fourth-order valence-electron chi connectivity index (χ4n) is 2.29. The van der Waals surface area contributed by atoms with Crippen molar-refractivity contribution in [2.45, 2.75) is 26.3 Å². The maximum absolute atomic E-state index is 12.1. The lowest BCUT2D eigenvalue weighted by atomic mass is 10.0. The largest absolute Gasteiger partial charge is 0.481 e. The Balaban J connectivity index is 2.01. The summed E-state index contributed by atoms with van der Waals surface area (Å²) in [4.78, 5) is 28.7. The van der Waals surface area contributed by atoms with Crippen molar-refractivity contribution in [3.8, 4) is 0 Å². The summed E-state index contributed by atoms with van der Waals surface area (Å²) in [5.74, 6) is -1.33. The van der Waals surface area contributed by atoms with Crippen molar-refractivity contribution in [3.05, 3.63) is 24.0 Å². The molecule has 2 amide bonds. The standard InChI is InChI=1S/C13H17N3O3/c1-8-3-4-10(7-14-8)15-13(19)16-6-5-11(9(16)2)12(17)18/h3-4,7,9,11H,5-6H2,1-2H3,(H,15,19)(H,17,18). The number of pyridine rings is 1. The number of carbonyl (C=O) groups excluding carboxylic acids is 1. The third-order valence-corrected chi connectivity index (χ3v) is 3.50. The molecule has 1 aliphatic heterocycles. The molecule has 1 aliphatic rings. The number of aromatic nitrogens is 1.